The number of carbonyl (C=O) groups excluding carboxylic acids is 2. The summed E-state index contributed by atoms with van der Waals surface area (Å²) < 4.78 is 25.9. The average Bonchev–Trinajstić information content (AvgIpc) is 3.11. The number of anilines is 1. The summed E-state index contributed by atoms with van der Waals surface area (Å²) in [5.74, 6) is 1.24. The molecule has 3 N–H and O–H groups in total. The fraction of sp³-hybridized carbons (Fsp3) is 0.487. The van der Waals surface area contributed by atoms with Gasteiger partial charge in [-0.25, -0.2) is 13.7 Å². The molecule has 1 unspecified atom stereocenters. The molecule has 3 rings (SSSR count). The lowest BCUT2D eigenvalue weighted by molar-refractivity contribution is -0.121. The van der Waals surface area contributed by atoms with Crippen LogP contribution in [-0.2, 0) is 25.3 Å². The highest BCUT2D eigenvalue weighted by Crippen LogP contribution is 2.28. The van der Waals surface area contributed by atoms with Gasteiger partial charge in [-0.2, -0.15) is 0 Å². The van der Waals surface area contributed by atoms with Crippen LogP contribution in [0, 0.1) is 0 Å². The highest BCUT2D eigenvalue weighted by molar-refractivity contribution is 7.83. The van der Waals surface area contributed by atoms with Crippen molar-refractivity contribution < 1.29 is 23.3 Å². The molecule has 0 radical (unpaired) electrons. The Balaban J connectivity index is 0.00000289. The minimum Gasteiger partial charge on any atom is -0.497 e. The number of ether oxygens (including phenoxy) is 2. The number of para-hydroxylation sites is 1. The second kappa shape index (κ2) is 28.1. The lowest BCUT2D eigenvalue weighted by Gasteiger charge is -2.31. The quantitative estimate of drug-likeness (QED) is 0.0663. The van der Waals surface area contributed by atoms with E-state index in [-0.39, 0.29) is 12.0 Å². The van der Waals surface area contributed by atoms with Gasteiger partial charge >= 0.3 is 6.09 Å². The number of rotatable bonds is 17. The van der Waals surface area contributed by atoms with Crippen LogP contribution < -0.4 is 15.4 Å². The summed E-state index contributed by atoms with van der Waals surface area (Å²) in [5.41, 5.74) is 2.95. The number of unbranched alkanes of at least 4 members (excludes halogenated alkanes) is 2. The molecule has 49 heavy (non-hydrogen) atoms. The molecule has 0 saturated carbocycles. The third kappa shape index (κ3) is 19.1. The zero-order chi connectivity index (χ0) is 36.1. The standard InChI is InChI=1S/C35H50N4O5S.C2H6.C2H4/c1-3-30(43-2)17-14-28-45(42)37-24-13-7-12-23-36-34(40)22-27-39-25-20-31(21-26-39)44-35(41)38-33-19-11-10-18-32(33)29-15-8-5-4-6-9-16-29;2*1-2/h3-6,8,10-11,14,16-19,31,37H,7,9,12-13,15,20-28H2,1-2H3,(H,36,40)(H,38,41);1-2H3;1-2H2/b6-4?,8-5-,17-14-,29-16+,30-3+;;. The predicted octanol–water partition coefficient (Wildman–Crippen LogP) is 7.85. The second-order valence-electron chi connectivity index (χ2n) is 11.0. The number of carbonyl (C=O) groups is 2. The molecule has 2 aliphatic rings. The van der Waals surface area contributed by atoms with E-state index in [2.05, 4.69) is 63.8 Å². The zero-order valence-corrected chi connectivity index (χ0v) is 31.0. The fourth-order valence-electron chi connectivity index (χ4n) is 5.14. The van der Waals surface area contributed by atoms with Crippen LogP contribution in [0.2, 0.25) is 0 Å². The van der Waals surface area contributed by atoms with Gasteiger partial charge in [0.05, 0.1) is 29.5 Å². The first-order valence-corrected chi connectivity index (χ1v) is 18.9. The van der Waals surface area contributed by atoms with Crippen LogP contribution in [-0.4, -0.2) is 72.8 Å². The first-order chi connectivity index (χ1) is 24.0. The molecule has 1 fully saturated rings. The Labute approximate surface area is 298 Å². The fourth-order valence-corrected chi connectivity index (χ4v) is 5.90. The summed E-state index contributed by atoms with van der Waals surface area (Å²) in [7, 11) is 0.504. The van der Waals surface area contributed by atoms with Gasteiger partial charge in [0, 0.05) is 44.7 Å². The monoisotopic (exact) mass is 696 g/mol. The molecule has 1 aliphatic heterocycles. The number of piperidine rings is 1. The molecule has 10 heteroatoms. The molecule has 0 bridgehead atoms. The minimum atomic E-state index is -1.10. The minimum absolute atomic E-state index is 0.0555. The van der Waals surface area contributed by atoms with Crippen LogP contribution in [0.25, 0.3) is 5.57 Å². The Morgan fingerprint density at radius 2 is 1.76 bits per heavy atom. The number of hydrogen-bond acceptors (Lipinski definition) is 6. The Morgan fingerprint density at radius 1 is 1.04 bits per heavy atom. The maximum Gasteiger partial charge on any atom is 0.411 e. The predicted molar refractivity (Wildman–Crippen MR) is 206 cm³/mol. The van der Waals surface area contributed by atoms with Crippen LogP contribution in [0.15, 0.2) is 91.8 Å². The number of amides is 2. The van der Waals surface area contributed by atoms with Crippen molar-refractivity contribution in [3.63, 3.8) is 0 Å². The van der Waals surface area contributed by atoms with E-state index in [9.17, 15) is 13.8 Å². The van der Waals surface area contributed by atoms with E-state index in [1.807, 2.05) is 63.3 Å². The summed E-state index contributed by atoms with van der Waals surface area (Å²) in [5, 5.41) is 5.96. The molecule has 1 atom stereocenters. The normalized spacial score (nSPS) is 17.5. The van der Waals surface area contributed by atoms with Crippen molar-refractivity contribution in [3.05, 3.63) is 97.4 Å². The number of likely N-dealkylation sites (tertiary alicyclic amines) is 1. The van der Waals surface area contributed by atoms with Gasteiger partial charge in [-0.1, -0.05) is 74.9 Å². The molecule has 1 aromatic carbocycles. The highest BCUT2D eigenvalue weighted by Gasteiger charge is 2.23. The molecule has 0 spiro atoms. The molecular weight excluding hydrogens is 637 g/mol. The Morgan fingerprint density at radius 3 is 2.49 bits per heavy atom. The van der Waals surface area contributed by atoms with Gasteiger partial charge in [0.1, 0.15) is 11.9 Å². The van der Waals surface area contributed by atoms with Gasteiger partial charge in [-0.3, -0.25) is 10.1 Å². The molecular formula is C39H60N4O5S. The number of allylic oxidation sites excluding steroid dienone is 8. The molecule has 9 nitrogen and oxygen atoms in total. The molecule has 0 aromatic heterocycles. The van der Waals surface area contributed by atoms with Crippen molar-refractivity contribution in [2.24, 2.45) is 0 Å². The third-order valence-electron chi connectivity index (χ3n) is 7.68. The van der Waals surface area contributed by atoms with Crippen LogP contribution in [0.3, 0.4) is 0 Å². The maximum absolute atomic E-state index is 12.8. The summed E-state index contributed by atoms with van der Waals surface area (Å²) in [4.78, 5) is 27.3. The van der Waals surface area contributed by atoms with Crippen LogP contribution in [0.1, 0.15) is 77.7 Å². The van der Waals surface area contributed by atoms with E-state index in [0.717, 1.165) is 75.0 Å². The van der Waals surface area contributed by atoms with E-state index in [1.54, 1.807) is 7.11 Å². The summed E-state index contributed by atoms with van der Waals surface area (Å²) >= 11 is 0. The van der Waals surface area contributed by atoms with Crippen molar-refractivity contribution in [2.45, 2.75) is 78.2 Å². The number of nitrogens with one attached hydrogen (secondary N) is 3. The molecule has 2 amide bonds. The van der Waals surface area contributed by atoms with Crippen LogP contribution in [0.5, 0.6) is 0 Å². The number of hydrogen-bond donors (Lipinski definition) is 3. The largest absolute Gasteiger partial charge is 0.497 e. The Kier molecular flexibility index (Phi) is 24.9. The lowest BCUT2D eigenvalue weighted by atomic mass is 9.98. The van der Waals surface area contributed by atoms with Gasteiger partial charge in [0.2, 0.25) is 5.91 Å². The first-order valence-electron chi connectivity index (χ1n) is 17.5. The molecule has 272 valence electrons. The van der Waals surface area contributed by atoms with Gasteiger partial charge in [0.25, 0.3) is 0 Å². The van der Waals surface area contributed by atoms with Gasteiger partial charge in [0.15, 0.2) is 0 Å². The molecule has 1 heterocycles. The summed E-state index contributed by atoms with van der Waals surface area (Å²) in [6.45, 7) is 15.5. The van der Waals surface area contributed by atoms with Crippen LogP contribution >= 0.6 is 0 Å². The summed E-state index contributed by atoms with van der Waals surface area (Å²) in [6.07, 6.45) is 21.8. The van der Waals surface area contributed by atoms with E-state index < -0.39 is 17.1 Å². The van der Waals surface area contributed by atoms with Crippen LogP contribution in [0.4, 0.5) is 10.5 Å². The first kappa shape index (κ1) is 43.3. The van der Waals surface area contributed by atoms with Crippen molar-refractivity contribution in [1.82, 2.24) is 14.9 Å². The number of benzene rings is 1. The van der Waals surface area contributed by atoms with Crippen molar-refractivity contribution in [3.8, 4) is 0 Å². The highest BCUT2D eigenvalue weighted by atomic mass is 32.2. The van der Waals surface area contributed by atoms with Crippen molar-refractivity contribution in [1.29, 1.82) is 0 Å². The molecule has 1 saturated heterocycles. The number of nitrogens with zero attached hydrogens (tertiary/aromatic N) is 1. The van der Waals surface area contributed by atoms with E-state index in [0.29, 0.717) is 31.8 Å². The van der Waals surface area contributed by atoms with Gasteiger partial charge < -0.3 is 19.7 Å². The zero-order valence-electron chi connectivity index (χ0n) is 30.2. The molecule has 1 aromatic rings. The van der Waals surface area contributed by atoms with E-state index in [1.165, 1.54) is 5.57 Å². The topological polar surface area (TPSA) is 109 Å². The van der Waals surface area contributed by atoms with Crippen molar-refractivity contribution in [2.75, 3.05) is 50.9 Å². The Bertz CT molecular complexity index is 1270. The smallest absolute Gasteiger partial charge is 0.411 e. The van der Waals surface area contributed by atoms with Gasteiger partial charge in [-0.15, -0.1) is 13.2 Å². The van der Waals surface area contributed by atoms with Gasteiger partial charge in [-0.05, 0) is 69.2 Å². The maximum atomic E-state index is 12.8. The van der Waals surface area contributed by atoms with Crippen molar-refractivity contribution >= 4 is 34.2 Å². The SMILES string of the molecule is C/C=C(\C=C/CS(=O)NCCCCCNC(=O)CCN1CCC(OC(=O)Nc2ccccc2/C2=C/CC=C/C=C\C2)CC1)OC.C=C.CC. The number of methoxy groups -OCH3 is 1. The lowest BCUT2D eigenvalue weighted by Crippen LogP contribution is -2.40. The second-order valence-corrected chi connectivity index (χ2v) is 12.3. The average molecular weight is 697 g/mol. The van der Waals surface area contributed by atoms with E-state index in [4.69, 9.17) is 9.47 Å². The Hall–Kier alpha value is -3.73. The summed E-state index contributed by atoms with van der Waals surface area (Å²) in [6, 6.07) is 7.85. The van der Waals surface area contributed by atoms with E-state index >= 15 is 0 Å². The third-order valence-corrected chi connectivity index (χ3v) is 8.70. The molecule has 1 aliphatic carbocycles.